The van der Waals surface area contributed by atoms with E-state index < -0.39 is 0 Å². The maximum absolute atomic E-state index is 5.48. The van der Waals surface area contributed by atoms with Crippen molar-refractivity contribution in [3.8, 4) is 0 Å². The average molecular weight is 316 g/mol. The van der Waals surface area contributed by atoms with Crippen molar-refractivity contribution in [1.29, 1.82) is 0 Å². The van der Waals surface area contributed by atoms with E-state index in [4.69, 9.17) is 9.72 Å². The zero-order valence-electron chi connectivity index (χ0n) is 13.6. The van der Waals surface area contributed by atoms with Crippen LogP contribution < -0.4 is 0 Å². The molecule has 2 aliphatic rings. The highest BCUT2D eigenvalue weighted by molar-refractivity contribution is 5.11. The Morgan fingerprint density at radius 3 is 2.91 bits per heavy atom. The van der Waals surface area contributed by atoms with Gasteiger partial charge in [0, 0.05) is 32.8 Å². The zero-order chi connectivity index (χ0) is 15.6. The van der Waals surface area contributed by atoms with Crippen LogP contribution in [0.15, 0.2) is 18.9 Å². The quantitative estimate of drug-likeness (QED) is 0.851. The van der Waals surface area contributed by atoms with Crippen LogP contribution in [-0.4, -0.2) is 55.5 Å². The van der Waals surface area contributed by atoms with E-state index in [1.54, 1.807) is 12.7 Å². The van der Waals surface area contributed by atoms with E-state index in [0.29, 0.717) is 6.04 Å². The minimum atomic E-state index is 0.371. The monoisotopic (exact) mass is 316 g/mol. The third-order valence-electron chi connectivity index (χ3n) is 5.13. The maximum atomic E-state index is 5.48. The SMILES string of the molecule is C[C@@H]1c2ncc(Cn3cncn3)n2CCN1CC1CCOCC1. The lowest BCUT2D eigenvalue weighted by molar-refractivity contribution is 0.0409. The number of fused-ring (bicyclic) bond motifs is 1. The number of aromatic nitrogens is 5. The summed E-state index contributed by atoms with van der Waals surface area (Å²) in [7, 11) is 0. The summed E-state index contributed by atoms with van der Waals surface area (Å²) in [6.07, 6.45) is 7.70. The minimum Gasteiger partial charge on any atom is -0.381 e. The lowest BCUT2D eigenvalue weighted by Gasteiger charge is -2.37. The Bertz CT molecular complexity index is 631. The summed E-state index contributed by atoms with van der Waals surface area (Å²) < 4.78 is 9.68. The molecule has 0 aromatic carbocycles. The molecule has 7 nitrogen and oxygen atoms in total. The van der Waals surface area contributed by atoms with Crippen molar-refractivity contribution in [3.63, 3.8) is 0 Å². The molecule has 0 bridgehead atoms. The van der Waals surface area contributed by atoms with Gasteiger partial charge in [0.1, 0.15) is 18.5 Å². The van der Waals surface area contributed by atoms with E-state index >= 15 is 0 Å². The standard InChI is InChI=1S/C16H24N6O/c1-13-16-18-8-15(10-21-12-17-11-19-21)22(16)5-4-20(13)9-14-2-6-23-7-3-14/h8,11-14H,2-7,9-10H2,1H3/t13-/m1/s1. The van der Waals surface area contributed by atoms with E-state index in [-0.39, 0.29) is 0 Å². The van der Waals surface area contributed by atoms with E-state index in [0.717, 1.165) is 45.3 Å². The molecule has 2 aromatic rings. The summed E-state index contributed by atoms with van der Waals surface area (Å²) in [5.74, 6) is 1.95. The average Bonchev–Trinajstić information content (AvgIpc) is 3.22. The molecular formula is C16H24N6O. The molecule has 7 heteroatoms. The van der Waals surface area contributed by atoms with Crippen molar-refractivity contribution in [2.75, 3.05) is 26.3 Å². The third kappa shape index (κ3) is 3.03. The van der Waals surface area contributed by atoms with Crippen LogP contribution in [0.3, 0.4) is 0 Å². The van der Waals surface area contributed by atoms with Gasteiger partial charge in [0.15, 0.2) is 0 Å². The van der Waals surface area contributed by atoms with Crippen LogP contribution in [-0.2, 0) is 17.8 Å². The van der Waals surface area contributed by atoms with Gasteiger partial charge in [-0.15, -0.1) is 0 Å². The molecule has 0 saturated carbocycles. The summed E-state index contributed by atoms with van der Waals surface area (Å²) >= 11 is 0. The van der Waals surface area contributed by atoms with E-state index in [1.165, 1.54) is 24.4 Å². The van der Waals surface area contributed by atoms with E-state index in [9.17, 15) is 0 Å². The van der Waals surface area contributed by atoms with Crippen LogP contribution in [0.5, 0.6) is 0 Å². The molecule has 2 aromatic heterocycles. The number of nitrogens with zero attached hydrogens (tertiary/aromatic N) is 6. The van der Waals surface area contributed by atoms with Crippen LogP contribution in [0, 0.1) is 5.92 Å². The Labute approximate surface area is 136 Å². The minimum absolute atomic E-state index is 0.371. The van der Waals surface area contributed by atoms with Crippen molar-refractivity contribution in [3.05, 3.63) is 30.4 Å². The first-order chi connectivity index (χ1) is 11.3. The summed E-state index contributed by atoms with van der Waals surface area (Å²) in [4.78, 5) is 11.3. The number of imidazole rings is 1. The van der Waals surface area contributed by atoms with Gasteiger partial charge >= 0.3 is 0 Å². The molecule has 1 saturated heterocycles. The number of hydrogen-bond donors (Lipinski definition) is 0. The lowest BCUT2D eigenvalue weighted by atomic mass is 9.98. The van der Waals surface area contributed by atoms with Crippen molar-refractivity contribution in [2.45, 2.75) is 38.9 Å². The first kappa shape index (κ1) is 14.8. The van der Waals surface area contributed by atoms with E-state index in [2.05, 4.69) is 26.5 Å². The molecule has 0 spiro atoms. The maximum Gasteiger partial charge on any atom is 0.137 e. The Kier molecular flexibility index (Phi) is 4.13. The van der Waals surface area contributed by atoms with Crippen molar-refractivity contribution < 1.29 is 4.74 Å². The predicted octanol–water partition coefficient (Wildman–Crippen LogP) is 1.33. The Balaban J connectivity index is 1.46. The van der Waals surface area contributed by atoms with Gasteiger partial charge in [-0.25, -0.2) is 14.6 Å². The second-order valence-electron chi connectivity index (χ2n) is 6.58. The number of ether oxygens (including phenoxy) is 1. The van der Waals surface area contributed by atoms with Gasteiger partial charge in [0.25, 0.3) is 0 Å². The Morgan fingerprint density at radius 2 is 2.13 bits per heavy atom. The highest BCUT2D eigenvalue weighted by atomic mass is 16.5. The molecule has 0 unspecified atom stereocenters. The molecule has 2 aliphatic heterocycles. The fourth-order valence-corrected chi connectivity index (χ4v) is 3.72. The molecule has 124 valence electrons. The molecule has 0 aliphatic carbocycles. The zero-order valence-corrected chi connectivity index (χ0v) is 13.6. The van der Waals surface area contributed by atoms with Crippen LogP contribution in [0.25, 0.3) is 0 Å². The smallest absolute Gasteiger partial charge is 0.137 e. The van der Waals surface area contributed by atoms with Gasteiger partial charge in [-0.1, -0.05) is 0 Å². The Morgan fingerprint density at radius 1 is 1.26 bits per heavy atom. The largest absolute Gasteiger partial charge is 0.381 e. The second kappa shape index (κ2) is 6.41. The summed E-state index contributed by atoms with van der Waals surface area (Å²) in [5, 5.41) is 4.19. The molecule has 1 fully saturated rings. The van der Waals surface area contributed by atoms with Crippen LogP contribution in [0.1, 0.15) is 37.3 Å². The molecular weight excluding hydrogens is 292 g/mol. The first-order valence-electron chi connectivity index (χ1n) is 8.50. The van der Waals surface area contributed by atoms with Gasteiger partial charge in [-0.3, -0.25) is 4.90 Å². The van der Waals surface area contributed by atoms with Crippen LogP contribution in [0.2, 0.25) is 0 Å². The number of hydrogen-bond acceptors (Lipinski definition) is 5. The van der Waals surface area contributed by atoms with Crippen LogP contribution >= 0.6 is 0 Å². The molecule has 0 N–H and O–H groups in total. The van der Waals surface area contributed by atoms with Gasteiger partial charge in [0.2, 0.25) is 0 Å². The molecule has 0 radical (unpaired) electrons. The van der Waals surface area contributed by atoms with Gasteiger partial charge in [-0.05, 0) is 25.7 Å². The topological polar surface area (TPSA) is 61.0 Å². The van der Waals surface area contributed by atoms with Crippen molar-refractivity contribution in [1.82, 2.24) is 29.2 Å². The fourth-order valence-electron chi connectivity index (χ4n) is 3.72. The van der Waals surface area contributed by atoms with Gasteiger partial charge in [-0.2, -0.15) is 5.10 Å². The predicted molar refractivity (Wildman–Crippen MR) is 84.9 cm³/mol. The molecule has 4 heterocycles. The highest BCUT2D eigenvalue weighted by Crippen LogP contribution is 2.28. The Hall–Kier alpha value is -1.73. The molecule has 1 atom stereocenters. The lowest BCUT2D eigenvalue weighted by Crippen LogP contribution is -2.41. The molecule has 4 rings (SSSR count). The third-order valence-corrected chi connectivity index (χ3v) is 5.13. The summed E-state index contributed by atoms with van der Waals surface area (Å²) in [5.41, 5.74) is 1.21. The summed E-state index contributed by atoms with van der Waals surface area (Å²) in [6.45, 7) is 8.11. The second-order valence-corrected chi connectivity index (χ2v) is 6.58. The summed E-state index contributed by atoms with van der Waals surface area (Å²) in [6, 6.07) is 0.371. The van der Waals surface area contributed by atoms with E-state index in [1.807, 2.05) is 10.9 Å². The van der Waals surface area contributed by atoms with Gasteiger partial charge in [0.05, 0.1) is 24.5 Å². The molecule has 23 heavy (non-hydrogen) atoms. The number of rotatable bonds is 4. The normalized spacial score (nSPS) is 23.1. The van der Waals surface area contributed by atoms with Gasteiger partial charge < -0.3 is 9.30 Å². The van der Waals surface area contributed by atoms with Crippen molar-refractivity contribution >= 4 is 0 Å². The van der Waals surface area contributed by atoms with Crippen molar-refractivity contribution in [2.24, 2.45) is 5.92 Å². The first-order valence-corrected chi connectivity index (χ1v) is 8.50. The molecule has 0 amide bonds. The highest BCUT2D eigenvalue weighted by Gasteiger charge is 2.29. The fraction of sp³-hybridized carbons (Fsp3) is 0.688. The van der Waals surface area contributed by atoms with Crippen LogP contribution in [0.4, 0.5) is 0 Å².